The molecule has 0 aromatic heterocycles. The van der Waals surface area contributed by atoms with Crippen LogP contribution < -0.4 is 5.32 Å². The quantitative estimate of drug-likeness (QED) is 0.767. The number of nitrogens with one attached hydrogen (secondary N) is 1. The zero-order valence-electron chi connectivity index (χ0n) is 12.1. The van der Waals surface area contributed by atoms with Gasteiger partial charge in [0.2, 0.25) is 0 Å². The van der Waals surface area contributed by atoms with E-state index < -0.39 is 0 Å². The van der Waals surface area contributed by atoms with Gasteiger partial charge in [-0.3, -0.25) is 0 Å². The van der Waals surface area contributed by atoms with Crippen LogP contribution in [-0.2, 0) is 6.42 Å². The number of hydrogen-bond acceptors (Lipinski definition) is 1. The molecule has 1 nitrogen and oxygen atoms in total. The third kappa shape index (κ3) is 4.41. The lowest BCUT2D eigenvalue weighted by atomic mass is 9.76. The molecular weight excluding hydrogens is 225 g/mol. The molecule has 1 rings (SSSR count). The highest BCUT2D eigenvalue weighted by Crippen LogP contribution is 2.30. The average Bonchev–Trinajstić information content (AvgIpc) is 2.34. The third-order valence-corrected chi connectivity index (χ3v) is 3.85. The first-order chi connectivity index (χ1) is 8.51. The minimum atomic E-state index is -0.134. The standard InChI is InChI=1S/C16H26FN/c1-5-16(6-2,12-18-13(3)4)11-14-8-7-9-15(17)10-14/h7-10,13,18H,5-6,11-12H2,1-4H3. The van der Waals surface area contributed by atoms with Gasteiger partial charge in [0.1, 0.15) is 5.82 Å². The predicted octanol–water partition coefficient (Wildman–Crippen LogP) is 4.17. The van der Waals surface area contributed by atoms with Gasteiger partial charge in [-0.2, -0.15) is 0 Å². The van der Waals surface area contributed by atoms with E-state index in [1.54, 1.807) is 12.1 Å². The fourth-order valence-corrected chi connectivity index (χ4v) is 2.31. The van der Waals surface area contributed by atoms with Gasteiger partial charge in [0.15, 0.2) is 0 Å². The maximum atomic E-state index is 13.2. The monoisotopic (exact) mass is 251 g/mol. The molecule has 2 heteroatoms. The highest BCUT2D eigenvalue weighted by Gasteiger charge is 2.26. The molecule has 0 atom stereocenters. The largest absolute Gasteiger partial charge is 0.314 e. The van der Waals surface area contributed by atoms with Crippen molar-refractivity contribution in [1.82, 2.24) is 5.32 Å². The molecule has 1 aromatic carbocycles. The summed E-state index contributed by atoms with van der Waals surface area (Å²) in [6.45, 7) is 9.78. The van der Waals surface area contributed by atoms with Gasteiger partial charge in [-0.1, -0.05) is 39.8 Å². The zero-order valence-corrected chi connectivity index (χ0v) is 12.1. The fourth-order valence-electron chi connectivity index (χ4n) is 2.31. The van der Waals surface area contributed by atoms with Gasteiger partial charge in [-0.05, 0) is 42.4 Å². The van der Waals surface area contributed by atoms with Crippen molar-refractivity contribution in [3.05, 3.63) is 35.6 Å². The van der Waals surface area contributed by atoms with Crippen LogP contribution in [0.25, 0.3) is 0 Å². The van der Waals surface area contributed by atoms with Crippen molar-refractivity contribution in [3.8, 4) is 0 Å². The predicted molar refractivity (Wildman–Crippen MR) is 76.3 cm³/mol. The topological polar surface area (TPSA) is 12.0 Å². The lowest BCUT2D eigenvalue weighted by molar-refractivity contribution is 0.239. The summed E-state index contributed by atoms with van der Waals surface area (Å²) in [5.74, 6) is -0.134. The van der Waals surface area contributed by atoms with E-state index in [1.165, 1.54) is 6.07 Å². The van der Waals surface area contributed by atoms with Crippen LogP contribution in [0, 0.1) is 11.2 Å². The SMILES string of the molecule is CCC(CC)(CNC(C)C)Cc1cccc(F)c1. The Morgan fingerprint density at radius 1 is 1.22 bits per heavy atom. The number of benzene rings is 1. The Kier molecular flexibility index (Phi) is 5.80. The van der Waals surface area contributed by atoms with E-state index in [0.29, 0.717) is 6.04 Å². The second-order valence-corrected chi connectivity index (χ2v) is 5.55. The van der Waals surface area contributed by atoms with E-state index in [2.05, 4.69) is 33.0 Å². The number of halogens is 1. The highest BCUT2D eigenvalue weighted by atomic mass is 19.1. The summed E-state index contributed by atoms with van der Waals surface area (Å²) < 4.78 is 13.2. The van der Waals surface area contributed by atoms with E-state index in [1.807, 2.05) is 6.07 Å². The molecule has 0 saturated heterocycles. The van der Waals surface area contributed by atoms with Crippen molar-refractivity contribution in [2.24, 2.45) is 5.41 Å². The van der Waals surface area contributed by atoms with Crippen LogP contribution in [0.15, 0.2) is 24.3 Å². The van der Waals surface area contributed by atoms with Gasteiger partial charge < -0.3 is 5.32 Å². The Morgan fingerprint density at radius 3 is 2.39 bits per heavy atom. The Hall–Kier alpha value is -0.890. The van der Waals surface area contributed by atoms with Gasteiger partial charge in [0.05, 0.1) is 0 Å². The maximum Gasteiger partial charge on any atom is 0.123 e. The second-order valence-electron chi connectivity index (χ2n) is 5.55. The molecule has 18 heavy (non-hydrogen) atoms. The van der Waals surface area contributed by atoms with Crippen LogP contribution in [0.3, 0.4) is 0 Å². The summed E-state index contributed by atoms with van der Waals surface area (Å²) in [6, 6.07) is 7.50. The molecule has 1 N–H and O–H groups in total. The molecule has 0 spiro atoms. The Bertz CT molecular complexity index is 356. The Morgan fingerprint density at radius 2 is 1.89 bits per heavy atom. The third-order valence-electron chi connectivity index (χ3n) is 3.85. The fraction of sp³-hybridized carbons (Fsp3) is 0.625. The van der Waals surface area contributed by atoms with Gasteiger partial charge >= 0.3 is 0 Å². The van der Waals surface area contributed by atoms with E-state index >= 15 is 0 Å². The van der Waals surface area contributed by atoms with Crippen molar-refractivity contribution in [1.29, 1.82) is 0 Å². The molecule has 0 aliphatic rings. The van der Waals surface area contributed by atoms with E-state index in [0.717, 1.165) is 31.4 Å². The molecule has 0 amide bonds. The summed E-state index contributed by atoms with van der Waals surface area (Å²) in [6.07, 6.45) is 3.16. The maximum absolute atomic E-state index is 13.2. The van der Waals surface area contributed by atoms with Gasteiger partial charge in [-0.15, -0.1) is 0 Å². The van der Waals surface area contributed by atoms with E-state index in [4.69, 9.17) is 0 Å². The van der Waals surface area contributed by atoms with Crippen LogP contribution in [0.4, 0.5) is 4.39 Å². The Labute approximate surface area is 111 Å². The van der Waals surface area contributed by atoms with Gasteiger partial charge in [0.25, 0.3) is 0 Å². The first kappa shape index (κ1) is 15.2. The minimum Gasteiger partial charge on any atom is -0.314 e. The molecule has 0 aliphatic carbocycles. The van der Waals surface area contributed by atoms with Crippen molar-refractivity contribution in [2.45, 2.75) is 53.0 Å². The molecule has 0 radical (unpaired) electrons. The molecule has 0 unspecified atom stereocenters. The molecule has 1 aromatic rings. The first-order valence-electron chi connectivity index (χ1n) is 6.99. The zero-order chi connectivity index (χ0) is 13.6. The van der Waals surface area contributed by atoms with Crippen LogP contribution in [0.5, 0.6) is 0 Å². The summed E-state index contributed by atoms with van der Waals surface area (Å²) in [5, 5.41) is 3.53. The molecule has 102 valence electrons. The van der Waals surface area contributed by atoms with Gasteiger partial charge in [-0.25, -0.2) is 4.39 Å². The summed E-state index contributed by atoms with van der Waals surface area (Å²) in [5.41, 5.74) is 1.34. The molecule has 0 aliphatic heterocycles. The van der Waals surface area contributed by atoms with Crippen molar-refractivity contribution in [3.63, 3.8) is 0 Å². The molecular formula is C16H26FN. The summed E-state index contributed by atoms with van der Waals surface area (Å²) in [7, 11) is 0. The van der Waals surface area contributed by atoms with Crippen LogP contribution >= 0.6 is 0 Å². The number of hydrogen-bond donors (Lipinski definition) is 1. The van der Waals surface area contributed by atoms with Crippen LogP contribution in [0.2, 0.25) is 0 Å². The van der Waals surface area contributed by atoms with E-state index in [9.17, 15) is 4.39 Å². The van der Waals surface area contributed by atoms with Crippen molar-refractivity contribution in [2.75, 3.05) is 6.54 Å². The van der Waals surface area contributed by atoms with Crippen molar-refractivity contribution >= 4 is 0 Å². The first-order valence-corrected chi connectivity index (χ1v) is 6.99. The van der Waals surface area contributed by atoms with Crippen LogP contribution in [-0.4, -0.2) is 12.6 Å². The van der Waals surface area contributed by atoms with Crippen molar-refractivity contribution < 1.29 is 4.39 Å². The highest BCUT2D eigenvalue weighted by molar-refractivity contribution is 5.18. The molecule has 0 bridgehead atoms. The lowest BCUT2D eigenvalue weighted by Crippen LogP contribution is -2.38. The molecule has 0 fully saturated rings. The number of rotatable bonds is 7. The van der Waals surface area contributed by atoms with Crippen LogP contribution in [0.1, 0.15) is 46.1 Å². The summed E-state index contributed by atoms with van der Waals surface area (Å²) in [4.78, 5) is 0. The Balaban J connectivity index is 2.78. The van der Waals surface area contributed by atoms with E-state index in [-0.39, 0.29) is 11.2 Å². The molecule has 0 heterocycles. The average molecular weight is 251 g/mol. The molecule has 0 saturated carbocycles. The summed E-state index contributed by atoms with van der Waals surface area (Å²) >= 11 is 0. The smallest absolute Gasteiger partial charge is 0.123 e. The minimum absolute atomic E-state index is 0.134. The van der Waals surface area contributed by atoms with Gasteiger partial charge in [0, 0.05) is 12.6 Å². The lowest BCUT2D eigenvalue weighted by Gasteiger charge is -2.33. The second kappa shape index (κ2) is 6.89. The normalized spacial score (nSPS) is 12.1.